The lowest BCUT2D eigenvalue weighted by Crippen LogP contribution is -2.38. The number of nitrogens with zero attached hydrogens (tertiary/aromatic N) is 2. The molecule has 0 unspecified atom stereocenters. The number of hydrogen-bond acceptors (Lipinski definition) is 3. The van der Waals surface area contributed by atoms with Crippen molar-refractivity contribution in [1.29, 1.82) is 0 Å². The second kappa shape index (κ2) is 6.53. The highest BCUT2D eigenvalue weighted by Crippen LogP contribution is 2.24. The number of hydrogen-bond donors (Lipinski definition) is 1. The van der Waals surface area contributed by atoms with Gasteiger partial charge in [-0.1, -0.05) is 30.3 Å². The number of nitrogens with one attached hydrogen (secondary N) is 1. The Kier molecular flexibility index (Phi) is 4.09. The molecule has 5 heteroatoms. The molecule has 1 aromatic heterocycles. The molecule has 1 aliphatic heterocycles. The number of para-hydroxylation sites is 3. The molecule has 0 atom stereocenters. The fourth-order valence-electron chi connectivity index (χ4n) is 3.43. The van der Waals surface area contributed by atoms with E-state index in [1.54, 1.807) is 0 Å². The molecule has 0 radical (unpaired) electrons. The summed E-state index contributed by atoms with van der Waals surface area (Å²) in [7, 11) is 0. The van der Waals surface area contributed by atoms with Crippen LogP contribution in [0.2, 0.25) is 0 Å². The van der Waals surface area contributed by atoms with Crippen molar-refractivity contribution in [2.24, 2.45) is 0 Å². The van der Waals surface area contributed by atoms with Gasteiger partial charge in [0.15, 0.2) is 0 Å². The third-order valence-corrected chi connectivity index (χ3v) is 4.70. The Hall–Kier alpha value is -2.53. The summed E-state index contributed by atoms with van der Waals surface area (Å²) in [6, 6.07) is 18.0. The summed E-state index contributed by atoms with van der Waals surface area (Å²) in [5.74, 6) is 0.896. The van der Waals surface area contributed by atoms with Crippen molar-refractivity contribution in [1.82, 2.24) is 14.5 Å². The molecule has 0 spiro atoms. The number of imidazole rings is 1. The van der Waals surface area contributed by atoms with E-state index in [0.29, 0.717) is 6.73 Å². The number of rotatable bonds is 4. The smallest absolute Gasteiger partial charge is 0.326 e. The molecule has 124 valence electrons. The average Bonchev–Trinajstić information content (AvgIpc) is 2.97. The Bertz CT molecular complexity index is 861. The molecule has 0 bridgehead atoms. The third kappa shape index (κ3) is 2.95. The summed E-state index contributed by atoms with van der Waals surface area (Å²) >= 11 is 0. The predicted octanol–water partition coefficient (Wildman–Crippen LogP) is 3.00. The molecule has 1 aliphatic rings. The molecule has 2 aromatic carbocycles. The first kappa shape index (κ1) is 15.0. The van der Waals surface area contributed by atoms with Gasteiger partial charge < -0.3 is 9.72 Å². The first-order chi connectivity index (χ1) is 11.8. The molecule has 0 aliphatic carbocycles. The number of ether oxygens (including phenoxy) is 1. The monoisotopic (exact) mass is 323 g/mol. The van der Waals surface area contributed by atoms with Crippen LogP contribution in [0.4, 0.5) is 0 Å². The van der Waals surface area contributed by atoms with E-state index in [9.17, 15) is 4.79 Å². The number of H-pyrrole nitrogens is 1. The Balaban J connectivity index is 1.41. The highest BCUT2D eigenvalue weighted by molar-refractivity contribution is 5.75. The van der Waals surface area contributed by atoms with Crippen LogP contribution in [0.1, 0.15) is 18.9 Å². The van der Waals surface area contributed by atoms with Crippen LogP contribution < -0.4 is 10.4 Å². The van der Waals surface area contributed by atoms with Gasteiger partial charge in [0.1, 0.15) is 12.5 Å². The second-order valence-electron chi connectivity index (χ2n) is 6.25. The molecular formula is C19H21N3O2. The van der Waals surface area contributed by atoms with Gasteiger partial charge in [-0.25, -0.2) is 4.79 Å². The van der Waals surface area contributed by atoms with Gasteiger partial charge >= 0.3 is 5.69 Å². The summed E-state index contributed by atoms with van der Waals surface area (Å²) in [5, 5.41) is 0. The van der Waals surface area contributed by atoms with Crippen LogP contribution in [0.3, 0.4) is 0 Å². The van der Waals surface area contributed by atoms with Crippen molar-refractivity contribution in [3.8, 4) is 5.75 Å². The molecule has 1 fully saturated rings. The van der Waals surface area contributed by atoms with Gasteiger partial charge in [-0.15, -0.1) is 0 Å². The van der Waals surface area contributed by atoms with E-state index in [4.69, 9.17) is 4.74 Å². The Morgan fingerprint density at radius 1 is 1.00 bits per heavy atom. The Morgan fingerprint density at radius 3 is 2.50 bits per heavy atom. The maximum Gasteiger partial charge on any atom is 0.326 e. The number of aromatic amines is 1. The molecule has 5 nitrogen and oxygen atoms in total. The van der Waals surface area contributed by atoms with Gasteiger partial charge in [-0.3, -0.25) is 9.47 Å². The number of likely N-dealkylation sites (tertiary alicyclic amines) is 1. The Morgan fingerprint density at radius 2 is 1.71 bits per heavy atom. The van der Waals surface area contributed by atoms with Crippen molar-refractivity contribution in [3.05, 3.63) is 65.1 Å². The van der Waals surface area contributed by atoms with Crippen molar-refractivity contribution < 1.29 is 4.74 Å². The first-order valence-corrected chi connectivity index (χ1v) is 8.41. The maximum absolute atomic E-state index is 12.3. The summed E-state index contributed by atoms with van der Waals surface area (Å²) in [4.78, 5) is 17.5. The van der Waals surface area contributed by atoms with E-state index in [2.05, 4.69) is 9.88 Å². The molecule has 2 heterocycles. The lowest BCUT2D eigenvalue weighted by Gasteiger charge is -2.32. The zero-order valence-electron chi connectivity index (χ0n) is 13.5. The van der Waals surface area contributed by atoms with Gasteiger partial charge in [0.2, 0.25) is 0 Å². The normalized spacial score (nSPS) is 16.5. The summed E-state index contributed by atoms with van der Waals surface area (Å²) < 4.78 is 7.74. The number of aromatic nitrogens is 2. The molecule has 1 N–H and O–H groups in total. The quantitative estimate of drug-likeness (QED) is 0.803. The minimum absolute atomic E-state index is 0.00446. The van der Waals surface area contributed by atoms with E-state index in [0.717, 1.165) is 42.7 Å². The van der Waals surface area contributed by atoms with Crippen LogP contribution in [0.25, 0.3) is 11.0 Å². The molecule has 3 aromatic rings. The minimum atomic E-state index is -0.00446. The Labute approximate surface area is 140 Å². The standard InChI is InChI=1S/C19H21N3O2/c23-19-20-17-8-4-5-9-18(17)22(19)15-10-12-21(13-11-15)14-24-16-6-2-1-3-7-16/h1-9,15H,10-14H2,(H,20,23). The van der Waals surface area contributed by atoms with Gasteiger partial charge in [0.25, 0.3) is 0 Å². The van der Waals surface area contributed by atoms with Gasteiger partial charge in [0.05, 0.1) is 11.0 Å². The van der Waals surface area contributed by atoms with Crippen molar-refractivity contribution >= 4 is 11.0 Å². The zero-order chi connectivity index (χ0) is 16.4. The van der Waals surface area contributed by atoms with E-state index in [-0.39, 0.29) is 11.7 Å². The van der Waals surface area contributed by atoms with Gasteiger partial charge in [0, 0.05) is 19.1 Å². The third-order valence-electron chi connectivity index (χ3n) is 4.70. The van der Waals surface area contributed by atoms with Crippen LogP contribution in [-0.2, 0) is 0 Å². The highest BCUT2D eigenvalue weighted by atomic mass is 16.5. The van der Waals surface area contributed by atoms with Crippen molar-refractivity contribution in [2.75, 3.05) is 19.8 Å². The fourth-order valence-corrected chi connectivity index (χ4v) is 3.43. The molecule has 1 saturated heterocycles. The van der Waals surface area contributed by atoms with E-state index < -0.39 is 0 Å². The van der Waals surface area contributed by atoms with E-state index in [1.807, 2.05) is 59.2 Å². The van der Waals surface area contributed by atoms with Crippen LogP contribution in [0.5, 0.6) is 5.75 Å². The molecular weight excluding hydrogens is 302 g/mol. The van der Waals surface area contributed by atoms with Crippen LogP contribution >= 0.6 is 0 Å². The van der Waals surface area contributed by atoms with E-state index >= 15 is 0 Å². The van der Waals surface area contributed by atoms with Crippen LogP contribution in [0, 0.1) is 0 Å². The molecule has 0 saturated carbocycles. The summed E-state index contributed by atoms with van der Waals surface area (Å²) in [6.45, 7) is 2.46. The molecule has 24 heavy (non-hydrogen) atoms. The largest absolute Gasteiger partial charge is 0.478 e. The first-order valence-electron chi connectivity index (χ1n) is 8.41. The average molecular weight is 323 g/mol. The predicted molar refractivity (Wildman–Crippen MR) is 94.3 cm³/mol. The number of benzene rings is 2. The van der Waals surface area contributed by atoms with Crippen LogP contribution in [0.15, 0.2) is 59.4 Å². The van der Waals surface area contributed by atoms with Gasteiger partial charge in [-0.2, -0.15) is 0 Å². The van der Waals surface area contributed by atoms with Crippen LogP contribution in [-0.4, -0.2) is 34.3 Å². The highest BCUT2D eigenvalue weighted by Gasteiger charge is 2.23. The second-order valence-corrected chi connectivity index (χ2v) is 6.25. The van der Waals surface area contributed by atoms with Gasteiger partial charge in [-0.05, 0) is 37.1 Å². The topological polar surface area (TPSA) is 50.3 Å². The lowest BCUT2D eigenvalue weighted by molar-refractivity contribution is 0.0901. The fraction of sp³-hybridized carbons (Fsp3) is 0.316. The zero-order valence-corrected chi connectivity index (χ0v) is 13.5. The van der Waals surface area contributed by atoms with Crippen molar-refractivity contribution in [2.45, 2.75) is 18.9 Å². The lowest BCUT2D eigenvalue weighted by atomic mass is 10.1. The summed E-state index contributed by atoms with van der Waals surface area (Å²) in [5.41, 5.74) is 1.91. The number of fused-ring (bicyclic) bond motifs is 1. The maximum atomic E-state index is 12.3. The minimum Gasteiger partial charge on any atom is -0.478 e. The SMILES string of the molecule is O=c1[nH]c2ccccc2n1C1CCN(COc2ccccc2)CC1. The molecule has 4 rings (SSSR count). The number of piperidine rings is 1. The summed E-state index contributed by atoms with van der Waals surface area (Å²) in [6.07, 6.45) is 1.92. The van der Waals surface area contributed by atoms with E-state index in [1.165, 1.54) is 0 Å². The van der Waals surface area contributed by atoms with Crippen molar-refractivity contribution in [3.63, 3.8) is 0 Å². The molecule has 0 amide bonds.